The van der Waals surface area contributed by atoms with Gasteiger partial charge in [-0.3, -0.25) is 9.69 Å². The number of amides is 1. The van der Waals surface area contributed by atoms with E-state index in [-0.39, 0.29) is 35.6 Å². The van der Waals surface area contributed by atoms with Crippen molar-refractivity contribution in [3.8, 4) is 0 Å². The Hall–Kier alpha value is -0.900. The Morgan fingerprint density at radius 2 is 1.88 bits per heavy atom. The molecule has 25 heavy (non-hydrogen) atoms. The van der Waals surface area contributed by atoms with Gasteiger partial charge < -0.3 is 10.6 Å². The molecule has 1 aromatic rings. The van der Waals surface area contributed by atoms with Crippen LogP contribution in [0.25, 0.3) is 0 Å². The van der Waals surface area contributed by atoms with Gasteiger partial charge >= 0.3 is 0 Å². The maximum absolute atomic E-state index is 12.4. The summed E-state index contributed by atoms with van der Waals surface area (Å²) in [5, 5.41) is 5.91. The number of hydrogen-bond acceptors (Lipinski definition) is 5. The van der Waals surface area contributed by atoms with Crippen LogP contribution in [0.15, 0.2) is 23.1 Å². The Balaban J connectivity index is 0.00000288. The van der Waals surface area contributed by atoms with Gasteiger partial charge in [0.05, 0.1) is 4.90 Å². The average Bonchev–Trinajstić information content (AvgIpc) is 2.50. The van der Waals surface area contributed by atoms with Crippen molar-refractivity contribution >= 4 is 46.4 Å². The van der Waals surface area contributed by atoms with Gasteiger partial charge in [0.25, 0.3) is 0 Å². The topological polar surface area (TPSA) is 90.5 Å². The molecule has 2 rings (SSSR count). The molecule has 1 saturated heterocycles. The van der Waals surface area contributed by atoms with E-state index in [1.54, 1.807) is 12.1 Å². The number of nitrogens with zero attached hydrogens (tertiary/aromatic N) is 1. The average molecular weight is 413 g/mol. The maximum Gasteiger partial charge on any atom is 0.240 e. The van der Waals surface area contributed by atoms with Crippen LogP contribution in [-0.4, -0.2) is 58.5 Å². The van der Waals surface area contributed by atoms with Gasteiger partial charge in [-0.2, -0.15) is 0 Å². The monoisotopic (exact) mass is 412 g/mol. The van der Waals surface area contributed by atoms with E-state index in [4.69, 9.17) is 0 Å². The predicted octanol–water partition coefficient (Wildman–Crippen LogP) is 0.981. The Bertz CT molecular complexity index is 665. The first-order valence-electron chi connectivity index (χ1n) is 7.69. The molecule has 1 amide bonds. The smallest absolute Gasteiger partial charge is 0.240 e. The van der Waals surface area contributed by atoms with E-state index in [0.29, 0.717) is 18.8 Å². The van der Waals surface area contributed by atoms with Crippen LogP contribution in [0, 0.1) is 6.92 Å². The summed E-state index contributed by atoms with van der Waals surface area (Å²) in [6.07, 6.45) is 0. The second kappa shape index (κ2) is 10.9. The number of sulfonamides is 1. The molecule has 3 N–H and O–H groups in total. The van der Waals surface area contributed by atoms with Gasteiger partial charge in [-0.25, -0.2) is 13.1 Å². The number of hydrogen-bond donors (Lipinski definition) is 3. The van der Waals surface area contributed by atoms with Crippen molar-refractivity contribution in [1.29, 1.82) is 0 Å². The summed E-state index contributed by atoms with van der Waals surface area (Å²) in [5.41, 5.74) is 1.34. The van der Waals surface area contributed by atoms with Gasteiger partial charge in [0.1, 0.15) is 0 Å². The van der Waals surface area contributed by atoms with Crippen LogP contribution in [0.2, 0.25) is 0 Å². The lowest BCUT2D eigenvalue weighted by Crippen LogP contribution is -2.46. The lowest BCUT2D eigenvalue weighted by Gasteiger charge is -2.27. The number of halogens is 2. The first-order chi connectivity index (χ1) is 10.9. The molecule has 0 radical (unpaired) electrons. The van der Waals surface area contributed by atoms with E-state index in [2.05, 4.69) is 20.3 Å². The Morgan fingerprint density at radius 1 is 1.24 bits per heavy atom. The summed E-state index contributed by atoms with van der Waals surface area (Å²) in [5.74, 6) is -0.227. The molecule has 0 aliphatic carbocycles. The van der Waals surface area contributed by atoms with E-state index in [1.165, 1.54) is 13.0 Å². The van der Waals surface area contributed by atoms with Gasteiger partial charge in [-0.05, 0) is 24.6 Å². The molecule has 1 heterocycles. The lowest BCUT2D eigenvalue weighted by atomic mass is 10.2. The third-order valence-electron chi connectivity index (χ3n) is 3.76. The molecule has 0 atom stereocenters. The Labute approximate surface area is 161 Å². The summed E-state index contributed by atoms with van der Waals surface area (Å²) < 4.78 is 27.4. The molecule has 0 bridgehead atoms. The second-order valence-corrected chi connectivity index (χ2v) is 7.41. The van der Waals surface area contributed by atoms with E-state index in [9.17, 15) is 13.2 Å². The molecule has 0 unspecified atom stereocenters. The molecule has 1 aromatic carbocycles. The van der Waals surface area contributed by atoms with E-state index in [0.717, 1.165) is 31.7 Å². The standard InChI is InChI=1S/C15H24N4O3S.2ClH/c1-12-3-4-14(11-15(12)18-13(2)20)23(21,22)17-7-10-19-8-5-16-6-9-19;;/h3-4,11,16-17H,5-10H2,1-2H3,(H,18,20);2*1H. The first kappa shape index (κ1) is 24.1. The van der Waals surface area contributed by atoms with Gasteiger partial charge in [0.2, 0.25) is 15.9 Å². The van der Waals surface area contributed by atoms with Crippen LogP contribution in [-0.2, 0) is 14.8 Å². The highest BCUT2D eigenvalue weighted by molar-refractivity contribution is 7.89. The van der Waals surface area contributed by atoms with Crippen LogP contribution in [0.5, 0.6) is 0 Å². The van der Waals surface area contributed by atoms with Crippen LogP contribution in [0.3, 0.4) is 0 Å². The number of anilines is 1. The largest absolute Gasteiger partial charge is 0.326 e. The first-order valence-corrected chi connectivity index (χ1v) is 9.18. The van der Waals surface area contributed by atoms with Crippen molar-refractivity contribution in [2.75, 3.05) is 44.6 Å². The minimum Gasteiger partial charge on any atom is -0.326 e. The van der Waals surface area contributed by atoms with E-state index in [1.807, 2.05) is 6.92 Å². The maximum atomic E-state index is 12.4. The van der Waals surface area contributed by atoms with Crippen LogP contribution in [0.4, 0.5) is 5.69 Å². The number of piperazine rings is 1. The number of rotatable bonds is 6. The number of carbonyl (C=O) groups is 1. The number of carbonyl (C=O) groups excluding carboxylic acids is 1. The fraction of sp³-hybridized carbons (Fsp3) is 0.533. The number of nitrogens with one attached hydrogen (secondary N) is 3. The summed E-state index contributed by atoms with van der Waals surface area (Å²) >= 11 is 0. The molecule has 0 saturated carbocycles. The highest BCUT2D eigenvalue weighted by atomic mass is 35.5. The molecule has 7 nitrogen and oxygen atoms in total. The highest BCUT2D eigenvalue weighted by Crippen LogP contribution is 2.20. The van der Waals surface area contributed by atoms with Crippen LogP contribution >= 0.6 is 24.8 Å². The second-order valence-electron chi connectivity index (χ2n) is 5.65. The van der Waals surface area contributed by atoms with Crippen molar-refractivity contribution in [3.05, 3.63) is 23.8 Å². The van der Waals surface area contributed by atoms with Crippen LogP contribution in [0.1, 0.15) is 12.5 Å². The minimum absolute atomic E-state index is 0. The molecule has 1 aliphatic heterocycles. The summed E-state index contributed by atoms with van der Waals surface area (Å²) in [6.45, 7) is 8.00. The fourth-order valence-corrected chi connectivity index (χ4v) is 3.50. The van der Waals surface area contributed by atoms with Crippen molar-refractivity contribution in [1.82, 2.24) is 14.9 Å². The molecular weight excluding hydrogens is 387 g/mol. The van der Waals surface area contributed by atoms with Gasteiger partial charge in [0.15, 0.2) is 0 Å². The van der Waals surface area contributed by atoms with Crippen molar-refractivity contribution in [2.45, 2.75) is 18.7 Å². The van der Waals surface area contributed by atoms with Gasteiger partial charge in [-0.1, -0.05) is 6.07 Å². The van der Waals surface area contributed by atoms with E-state index >= 15 is 0 Å². The van der Waals surface area contributed by atoms with Crippen molar-refractivity contribution in [2.24, 2.45) is 0 Å². The highest BCUT2D eigenvalue weighted by Gasteiger charge is 2.16. The molecule has 144 valence electrons. The number of benzene rings is 1. The number of aryl methyl sites for hydroxylation is 1. The third kappa shape index (κ3) is 7.47. The fourth-order valence-electron chi connectivity index (χ4n) is 2.45. The zero-order chi connectivity index (χ0) is 16.9. The van der Waals surface area contributed by atoms with Gasteiger partial charge in [-0.15, -0.1) is 24.8 Å². The molecule has 1 fully saturated rings. The predicted molar refractivity (Wildman–Crippen MR) is 104 cm³/mol. The summed E-state index contributed by atoms with van der Waals surface area (Å²) in [4.78, 5) is 13.6. The molecular formula is C15H26Cl2N4O3S. The van der Waals surface area contributed by atoms with Crippen molar-refractivity contribution < 1.29 is 13.2 Å². The Morgan fingerprint density at radius 3 is 2.48 bits per heavy atom. The molecule has 10 heteroatoms. The normalized spacial score (nSPS) is 15.0. The summed E-state index contributed by atoms with van der Waals surface area (Å²) in [7, 11) is -3.58. The van der Waals surface area contributed by atoms with Crippen molar-refractivity contribution in [3.63, 3.8) is 0 Å². The zero-order valence-electron chi connectivity index (χ0n) is 14.4. The minimum atomic E-state index is -3.58. The van der Waals surface area contributed by atoms with Crippen LogP contribution < -0.4 is 15.4 Å². The SMILES string of the molecule is CC(=O)Nc1cc(S(=O)(=O)NCCN2CCNCC2)ccc1C.Cl.Cl. The van der Waals surface area contributed by atoms with E-state index < -0.39 is 10.0 Å². The molecule has 0 spiro atoms. The zero-order valence-corrected chi connectivity index (χ0v) is 16.8. The quantitative estimate of drug-likeness (QED) is 0.647. The molecule has 0 aromatic heterocycles. The Kier molecular flexibility index (Phi) is 10.6. The van der Waals surface area contributed by atoms with Gasteiger partial charge in [0, 0.05) is 51.9 Å². The third-order valence-corrected chi connectivity index (χ3v) is 5.22. The molecule has 1 aliphatic rings. The summed E-state index contributed by atoms with van der Waals surface area (Å²) in [6, 6.07) is 4.73. The lowest BCUT2D eigenvalue weighted by molar-refractivity contribution is -0.114.